The summed E-state index contributed by atoms with van der Waals surface area (Å²) in [7, 11) is -1.93. The Morgan fingerprint density at radius 3 is 2.32 bits per heavy atom. The number of para-hydroxylation sites is 2. The number of hydrogen-bond donors (Lipinski definition) is 1. The summed E-state index contributed by atoms with van der Waals surface area (Å²) in [5.74, 6) is 0.771. The van der Waals surface area contributed by atoms with Gasteiger partial charge in [-0.1, -0.05) is 30.3 Å². The maximum Gasteiger partial charge on any atom is 0.240 e. The van der Waals surface area contributed by atoms with E-state index < -0.39 is 10.0 Å². The van der Waals surface area contributed by atoms with Gasteiger partial charge in [0, 0.05) is 39.1 Å². The lowest BCUT2D eigenvalue weighted by molar-refractivity contribution is -0.131. The summed E-state index contributed by atoms with van der Waals surface area (Å²) in [6, 6.07) is 16.0. The molecule has 0 saturated carbocycles. The van der Waals surface area contributed by atoms with Crippen LogP contribution in [0.3, 0.4) is 0 Å². The highest BCUT2D eigenvalue weighted by molar-refractivity contribution is 7.89. The van der Waals surface area contributed by atoms with Crippen molar-refractivity contribution < 1.29 is 17.9 Å². The van der Waals surface area contributed by atoms with Crippen LogP contribution in [0.2, 0.25) is 0 Å². The number of amides is 1. The molecule has 0 unspecified atom stereocenters. The maximum absolute atomic E-state index is 12.4. The predicted octanol–water partition coefficient (Wildman–Crippen LogP) is 1.71. The number of hydrogen-bond acceptors (Lipinski definition) is 5. The summed E-state index contributed by atoms with van der Waals surface area (Å²) in [6.07, 6.45) is 0.140. The van der Waals surface area contributed by atoms with Gasteiger partial charge in [0.15, 0.2) is 0 Å². The lowest BCUT2D eigenvalue weighted by atomic mass is 10.2. The lowest BCUT2D eigenvalue weighted by Gasteiger charge is -2.36. The van der Waals surface area contributed by atoms with Crippen molar-refractivity contribution in [2.75, 3.05) is 44.7 Å². The van der Waals surface area contributed by atoms with Crippen LogP contribution in [0.1, 0.15) is 6.42 Å². The molecule has 0 radical (unpaired) electrons. The van der Waals surface area contributed by atoms with Gasteiger partial charge in [-0.25, -0.2) is 13.1 Å². The number of carbonyl (C=O) groups is 1. The van der Waals surface area contributed by atoms with Gasteiger partial charge in [0.05, 0.1) is 17.7 Å². The van der Waals surface area contributed by atoms with Crippen molar-refractivity contribution in [2.45, 2.75) is 11.3 Å². The van der Waals surface area contributed by atoms with E-state index in [9.17, 15) is 13.2 Å². The molecule has 1 amide bonds. The minimum absolute atomic E-state index is 0.0459. The van der Waals surface area contributed by atoms with Crippen LogP contribution >= 0.6 is 0 Å². The Bertz CT molecular complexity index is 895. The Hall–Kier alpha value is -2.58. The van der Waals surface area contributed by atoms with Gasteiger partial charge in [-0.2, -0.15) is 0 Å². The van der Waals surface area contributed by atoms with Crippen molar-refractivity contribution in [3.8, 4) is 5.75 Å². The summed E-state index contributed by atoms with van der Waals surface area (Å²) >= 11 is 0. The zero-order valence-electron chi connectivity index (χ0n) is 15.9. The number of piperazine rings is 1. The van der Waals surface area contributed by atoms with Gasteiger partial charge in [-0.3, -0.25) is 4.79 Å². The quantitative estimate of drug-likeness (QED) is 0.762. The fourth-order valence-electron chi connectivity index (χ4n) is 3.22. The average molecular weight is 404 g/mol. The molecule has 1 fully saturated rings. The zero-order valence-corrected chi connectivity index (χ0v) is 16.7. The Labute approximate surface area is 166 Å². The monoisotopic (exact) mass is 403 g/mol. The Kier molecular flexibility index (Phi) is 6.53. The van der Waals surface area contributed by atoms with Gasteiger partial charge >= 0.3 is 0 Å². The van der Waals surface area contributed by atoms with Crippen LogP contribution < -0.4 is 14.4 Å². The fourth-order valence-corrected chi connectivity index (χ4v) is 4.27. The minimum Gasteiger partial charge on any atom is -0.495 e. The fraction of sp³-hybridized carbons (Fsp3) is 0.350. The second-order valence-corrected chi connectivity index (χ2v) is 8.27. The highest BCUT2D eigenvalue weighted by Crippen LogP contribution is 2.28. The van der Waals surface area contributed by atoms with E-state index in [2.05, 4.69) is 9.62 Å². The number of methoxy groups -OCH3 is 1. The summed E-state index contributed by atoms with van der Waals surface area (Å²) < 4.78 is 32.3. The SMILES string of the molecule is COc1ccccc1N1CCN(C(=O)CCNS(=O)(=O)c2ccccc2)CC1. The van der Waals surface area contributed by atoms with Crippen molar-refractivity contribution in [2.24, 2.45) is 0 Å². The highest BCUT2D eigenvalue weighted by atomic mass is 32.2. The molecule has 150 valence electrons. The normalized spacial score (nSPS) is 14.8. The van der Waals surface area contributed by atoms with Crippen molar-refractivity contribution in [1.29, 1.82) is 0 Å². The molecule has 0 atom stereocenters. The number of sulfonamides is 1. The number of ether oxygens (including phenoxy) is 1. The van der Waals surface area contributed by atoms with Crippen LogP contribution in [0, 0.1) is 0 Å². The number of nitrogens with zero attached hydrogens (tertiary/aromatic N) is 2. The van der Waals surface area contributed by atoms with Crippen molar-refractivity contribution in [3.05, 3.63) is 54.6 Å². The third kappa shape index (κ3) is 4.82. The molecule has 0 spiro atoms. The predicted molar refractivity (Wildman–Crippen MR) is 108 cm³/mol. The minimum atomic E-state index is -3.58. The topological polar surface area (TPSA) is 79.0 Å². The van der Waals surface area contributed by atoms with Gasteiger partial charge in [0.1, 0.15) is 5.75 Å². The third-order valence-corrected chi connectivity index (χ3v) is 6.22. The molecule has 1 N–H and O–H groups in total. The van der Waals surface area contributed by atoms with Gasteiger partial charge in [-0.05, 0) is 24.3 Å². The first-order valence-electron chi connectivity index (χ1n) is 9.22. The molecular weight excluding hydrogens is 378 g/mol. The first-order chi connectivity index (χ1) is 13.5. The van der Waals surface area contributed by atoms with Gasteiger partial charge in [-0.15, -0.1) is 0 Å². The molecule has 2 aromatic rings. The number of rotatable bonds is 7. The Morgan fingerprint density at radius 1 is 1.00 bits per heavy atom. The second kappa shape index (κ2) is 9.07. The van der Waals surface area contributed by atoms with E-state index in [4.69, 9.17) is 4.74 Å². The van der Waals surface area contributed by atoms with Crippen molar-refractivity contribution in [3.63, 3.8) is 0 Å². The first kappa shape index (κ1) is 20.2. The van der Waals surface area contributed by atoms with Gasteiger partial charge < -0.3 is 14.5 Å². The van der Waals surface area contributed by atoms with E-state index in [0.717, 1.165) is 11.4 Å². The molecule has 0 bridgehead atoms. The summed E-state index contributed by atoms with van der Waals surface area (Å²) in [6.45, 7) is 2.71. The molecular formula is C20H25N3O4S. The molecule has 1 saturated heterocycles. The van der Waals surface area contributed by atoms with Crippen LogP contribution in [0.5, 0.6) is 5.75 Å². The zero-order chi connectivity index (χ0) is 20.0. The Morgan fingerprint density at radius 2 is 1.64 bits per heavy atom. The number of benzene rings is 2. The van der Waals surface area contributed by atoms with E-state index in [-0.39, 0.29) is 23.8 Å². The molecule has 2 aromatic carbocycles. The molecule has 1 aliphatic heterocycles. The molecule has 1 aliphatic rings. The van der Waals surface area contributed by atoms with E-state index in [1.807, 2.05) is 24.3 Å². The molecule has 7 nitrogen and oxygen atoms in total. The molecule has 0 aliphatic carbocycles. The first-order valence-corrected chi connectivity index (χ1v) is 10.7. The summed E-state index contributed by atoms with van der Waals surface area (Å²) in [4.78, 5) is 16.6. The summed E-state index contributed by atoms with van der Waals surface area (Å²) in [5, 5.41) is 0. The molecule has 28 heavy (non-hydrogen) atoms. The van der Waals surface area contributed by atoms with Crippen molar-refractivity contribution in [1.82, 2.24) is 9.62 Å². The molecule has 0 aromatic heterocycles. The summed E-state index contributed by atoms with van der Waals surface area (Å²) in [5.41, 5.74) is 1.02. The second-order valence-electron chi connectivity index (χ2n) is 6.50. The van der Waals surface area contributed by atoms with Crippen LogP contribution in [0.15, 0.2) is 59.5 Å². The van der Waals surface area contributed by atoms with Crippen LogP contribution in [0.25, 0.3) is 0 Å². The molecule has 1 heterocycles. The number of anilines is 1. The van der Waals surface area contributed by atoms with E-state index in [1.165, 1.54) is 12.1 Å². The average Bonchev–Trinajstić information content (AvgIpc) is 2.74. The van der Waals surface area contributed by atoms with Crippen molar-refractivity contribution >= 4 is 21.6 Å². The molecule has 3 rings (SSSR count). The molecule has 8 heteroatoms. The number of nitrogens with one attached hydrogen (secondary N) is 1. The van der Waals surface area contributed by atoms with E-state index >= 15 is 0 Å². The van der Waals surface area contributed by atoms with E-state index in [1.54, 1.807) is 30.2 Å². The van der Waals surface area contributed by atoms with Gasteiger partial charge in [0.25, 0.3) is 0 Å². The standard InChI is InChI=1S/C20H25N3O4S/c1-27-19-10-6-5-9-18(19)22-13-15-23(16-14-22)20(24)11-12-21-28(25,26)17-7-3-2-4-8-17/h2-10,21H,11-16H2,1H3. The highest BCUT2D eigenvalue weighted by Gasteiger charge is 2.23. The lowest BCUT2D eigenvalue weighted by Crippen LogP contribution is -2.49. The maximum atomic E-state index is 12.4. The largest absolute Gasteiger partial charge is 0.495 e. The van der Waals surface area contributed by atoms with Crippen LogP contribution in [-0.4, -0.2) is 59.1 Å². The Balaban J connectivity index is 1.48. The third-order valence-electron chi connectivity index (χ3n) is 4.74. The van der Waals surface area contributed by atoms with E-state index in [0.29, 0.717) is 26.2 Å². The van der Waals surface area contributed by atoms with Gasteiger partial charge in [0.2, 0.25) is 15.9 Å². The van der Waals surface area contributed by atoms with Crippen LogP contribution in [-0.2, 0) is 14.8 Å². The van der Waals surface area contributed by atoms with Crippen LogP contribution in [0.4, 0.5) is 5.69 Å². The number of carbonyl (C=O) groups excluding carboxylic acids is 1. The smallest absolute Gasteiger partial charge is 0.240 e.